The zero-order chi connectivity index (χ0) is 13.0. The van der Waals surface area contributed by atoms with Crippen LogP contribution < -0.4 is 5.32 Å². The quantitative estimate of drug-likeness (QED) is 0.879. The Balaban J connectivity index is 1.72. The van der Waals surface area contributed by atoms with Crippen molar-refractivity contribution < 1.29 is 17.9 Å². The van der Waals surface area contributed by atoms with Gasteiger partial charge in [0.25, 0.3) is 0 Å². The molecular formula is C11H16F3N3O. The number of ether oxygens (including phenoxy) is 1. The first-order valence-electron chi connectivity index (χ1n) is 5.93. The molecule has 1 aliphatic rings. The van der Waals surface area contributed by atoms with Crippen LogP contribution in [0.25, 0.3) is 0 Å². The minimum Gasteiger partial charge on any atom is -0.377 e. The molecule has 1 N–H and O–H groups in total. The molecule has 0 radical (unpaired) electrons. The van der Waals surface area contributed by atoms with Crippen molar-refractivity contribution in [3.63, 3.8) is 0 Å². The number of aromatic nitrogens is 2. The van der Waals surface area contributed by atoms with E-state index >= 15 is 0 Å². The third-order valence-corrected chi connectivity index (χ3v) is 2.75. The summed E-state index contributed by atoms with van der Waals surface area (Å²) in [6, 6.07) is 0. The van der Waals surface area contributed by atoms with E-state index < -0.39 is 12.7 Å². The zero-order valence-electron chi connectivity index (χ0n) is 9.91. The summed E-state index contributed by atoms with van der Waals surface area (Å²) in [7, 11) is 0. The second kappa shape index (κ2) is 5.71. The van der Waals surface area contributed by atoms with Crippen molar-refractivity contribution in [3.8, 4) is 0 Å². The summed E-state index contributed by atoms with van der Waals surface area (Å²) >= 11 is 0. The molecule has 1 fully saturated rings. The van der Waals surface area contributed by atoms with Crippen LogP contribution in [0.3, 0.4) is 0 Å². The van der Waals surface area contributed by atoms with Crippen LogP contribution in [0.5, 0.6) is 0 Å². The number of halogens is 3. The van der Waals surface area contributed by atoms with Crippen LogP contribution in [0.15, 0.2) is 12.4 Å². The molecule has 0 spiro atoms. The van der Waals surface area contributed by atoms with Crippen molar-refractivity contribution in [2.24, 2.45) is 0 Å². The van der Waals surface area contributed by atoms with Crippen LogP contribution in [0.1, 0.15) is 18.4 Å². The van der Waals surface area contributed by atoms with Gasteiger partial charge in [-0.05, 0) is 12.8 Å². The van der Waals surface area contributed by atoms with Crippen molar-refractivity contribution in [1.29, 1.82) is 0 Å². The second-order valence-corrected chi connectivity index (χ2v) is 4.43. The van der Waals surface area contributed by atoms with Crippen molar-refractivity contribution in [2.45, 2.75) is 38.2 Å². The molecule has 0 unspecified atom stereocenters. The minimum absolute atomic E-state index is 0.232. The molecule has 1 saturated heterocycles. The van der Waals surface area contributed by atoms with Crippen LogP contribution in [-0.2, 0) is 17.8 Å². The van der Waals surface area contributed by atoms with E-state index in [1.807, 2.05) is 0 Å². The third-order valence-electron chi connectivity index (χ3n) is 2.75. The maximum Gasteiger partial charge on any atom is 0.408 e. The molecule has 1 atom stereocenters. The fourth-order valence-corrected chi connectivity index (χ4v) is 1.95. The summed E-state index contributed by atoms with van der Waals surface area (Å²) in [6.07, 6.45) is 0.990. The average Bonchev–Trinajstić information content (AvgIpc) is 2.88. The normalized spacial score (nSPS) is 20.5. The van der Waals surface area contributed by atoms with Gasteiger partial charge in [0, 0.05) is 31.5 Å². The first kappa shape index (κ1) is 13.4. The molecule has 0 aromatic carbocycles. The number of hydrogen-bond donors (Lipinski definition) is 1. The SMILES string of the molecule is FC(F)(F)Cn1cc(CNC[C@@H]2CCCO2)cn1. The van der Waals surface area contributed by atoms with Gasteiger partial charge in [0.2, 0.25) is 0 Å². The van der Waals surface area contributed by atoms with E-state index in [-0.39, 0.29) is 6.10 Å². The Hall–Kier alpha value is -1.08. The summed E-state index contributed by atoms with van der Waals surface area (Å²) in [4.78, 5) is 0. The van der Waals surface area contributed by atoms with Gasteiger partial charge in [-0.25, -0.2) is 0 Å². The van der Waals surface area contributed by atoms with Gasteiger partial charge in [-0.3, -0.25) is 4.68 Å². The maximum atomic E-state index is 12.1. The molecule has 0 saturated carbocycles. The first-order valence-corrected chi connectivity index (χ1v) is 5.93. The minimum atomic E-state index is -4.23. The highest BCUT2D eigenvalue weighted by atomic mass is 19.4. The molecule has 1 aromatic heterocycles. The number of hydrogen-bond acceptors (Lipinski definition) is 3. The van der Waals surface area contributed by atoms with Gasteiger partial charge in [-0.2, -0.15) is 18.3 Å². The highest BCUT2D eigenvalue weighted by Gasteiger charge is 2.28. The van der Waals surface area contributed by atoms with Gasteiger partial charge in [0.1, 0.15) is 6.54 Å². The lowest BCUT2D eigenvalue weighted by Crippen LogP contribution is -2.25. The molecule has 102 valence electrons. The number of rotatable bonds is 5. The van der Waals surface area contributed by atoms with Crippen molar-refractivity contribution >= 4 is 0 Å². The van der Waals surface area contributed by atoms with Crippen LogP contribution in [0, 0.1) is 0 Å². The summed E-state index contributed by atoms with van der Waals surface area (Å²) in [5.41, 5.74) is 0.747. The van der Waals surface area contributed by atoms with E-state index in [0.717, 1.165) is 36.2 Å². The summed E-state index contributed by atoms with van der Waals surface area (Å²) in [5.74, 6) is 0. The van der Waals surface area contributed by atoms with Crippen molar-refractivity contribution in [2.75, 3.05) is 13.2 Å². The Morgan fingerprint density at radius 3 is 3.00 bits per heavy atom. The Morgan fingerprint density at radius 2 is 2.33 bits per heavy atom. The van der Waals surface area contributed by atoms with Gasteiger partial charge in [0.05, 0.1) is 12.3 Å². The van der Waals surface area contributed by atoms with Gasteiger partial charge in [-0.1, -0.05) is 0 Å². The Bertz CT molecular complexity index is 372. The Labute approximate surface area is 103 Å². The second-order valence-electron chi connectivity index (χ2n) is 4.43. The lowest BCUT2D eigenvalue weighted by atomic mass is 10.2. The van der Waals surface area contributed by atoms with Crippen LogP contribution in [-0.4, -0.2) is 35.2 Å². The molecule has 1 aromatic rings. The first-order chi connectivity index (χ1) is 8.53. The third kappa shape index (κ3) is 4.30. The summed E-state index contributed by atoms with van der Waals surface area (Å²) in [6.45, 7) is 0.997. The Kier molecular flexibility index (Phi) is 4.23. The zero-order valence-corrected chi connectivity index (χ0v) is 9.91. The van der Waals surface area contributed by atoms with Gasteiger partial charge in [0.15, 0.2) is 0 Å². The molecular weight excluding hydrogens is 247 g/mol. The van der Waals surface area contributed by atoms with Gasteiger partial charge in [-0.15, -0.1) is 0 Å². The van der Waals surface area contributed by atoms with Crippen LogP contribution in [0.2, 0.25) is 0 Å². The van der Waals surface area contributed by atoms with Crippen molar-refractivity contribution in [3.05, 3.63) is 18.0 Å². The lowest BCUT2D eigenvalue weighted by molar-refractivity contribution is -0.142. The average molecular weight is 263 g/mol. The number of alkyl halides is 3. The molecule has 18 heavy (non-hydrogen) atoms. The number of nitrogens with one attached hydrogen (secondary N) is 1. The monoisotopic (exact) mass is 263 g/mol. The standard InChI is InChI=1S/C11H16F3N3O/c12-11(13,14)8-17-7-9(5-16-17)4-15-6-10-2-1-3-18-10/h5,7,10,15H,1-4,6,8H2/t10-/m0/s1. The fraction of sp³-hybridized carbons (Fsp3) is 0.727. The molecule has 2 rings (SSSR count). The van der Waals surface area contributed by atoms with E-state index in [1.165, 1.54) is 12.4 Å². The highest BCUT2D eigenvalue weighted by molar-refractivity contribution is 5.03. The van der Waals surface area contributed by atoms with E-state index in [2.05, 4.69) is 10.4 Å². The molecule has 7 heteroatoms. The van der Waals surface area contributed by atoms with Crippen molar-refractivity contribution in [1.82, 2.24) is 15.1 Å². The molecule has 0 bridgehead atoms. The van der Waals surface area contributed by atoms with Crippen LogP contribution in [0.4, 0.5) is 13.2 Å². The fourth-order valence-electron chi connectivity index (χ4n) is 1.95. The predicted octanol–water partition coefficient (Wildman–Crippen LogP) is 1.71. The largest absolute Gasteiger partial charge is 0.408 e. The molecule has 0 aliphatic carbocycles. The van der Waals surface area contributed by atoms with Crippen LogP contribution >= 0.6 is 0 Å². The molecule has 4 nitrogen and oxygen atoms in total. The Morgan fingerprint density at radius 1 is 1.50 bits per heavy atom. The molecule has 2 heterocycles. The van der Waals surface area contributed by atoms with E-state index in [1.54, 1.807) is 0 Å². The highest BCUT2D eigenvalue weighted by Crippen LogP contribution is 2.17. The smallest absolute Gasteiger partial charge is 0.377 e. The van der Waals surface area contributed by atoms with E-state index in [4.69, 9.17) is 4.74 Å². The predicted molar refractivity (Wildman–Crippen MR) is 59.0 cm³/mol. The lowest BCUT2D eigenvalue weighted by Gasteiger charge is -2.09. The number of nitrogens with zero attached hydrogens (tertiary/aromatic N) is 2. The topological polar surface area (TPSA) is 39.1 Å². The summed E-state index contributed by atoms with van der Waals surface area (Å²) < 4.78 is 42.7. The molecule has 1 aliphatic heterocycles. The summed E-state index contributed by atoms with van der Waals surface area (Å²) in [5, 5.41) is 6.84. The van der Waals surface area contributed by atoms with Gasteiger partial charge >= 0.3 is 6.18 Å². The van der Waals surface area contributed by atoms with E-state index in [0.29, 0.717) is 6.54 Å². The molecule has 0 amide bonds. The van der Waals surface area contributed by atoms with E-state index in [9.17, 15) is 13.2 Å². The van der Waals surface area contributed by atoms with Gasteiger partial charge < -0.3 is 10.1 Å². The maximum absolute atomic E-state index is 12.1.